The summed E-state index contributed by atoms with van der Waals surface area (Å²) in [4.78, 5) is 30.4. The van der Waals surface area contributed by atoms with Crippen LogP contribution in [-0.2, 0) is 13.0 Å². The monoisotopic (exact) mass is 289 g/mol. The molecule has 0 radical (unpaired) electrons. The standard InChI is InChI=1S/C13H15N5O3/c1-2-3-10-16-11(18-17-10)12(19)15-7-8-4-5-9(13(20)21)14-6-8/h4-6H,2-3,7H2,1H3,(H,15,19)(H,20,21)(H,16,17,18). The van der Waals surface area contributed by atoms with E-state index in [1.165, 1.54) is 12.3 Å². The number of carbonyl (C=O) groups is 2. The number of carboxylic acid groups (broad SMARTS) is 1. The van der Waals surface area contributed by atoms with Crippen molar-refractivity contribution in [2.75, 3.05) is 0 Å². The number of carbonyl (C=O) groups excluding carboxylic acids is 1. The summed E-state index contributed by atoms with van der Waals surface area (Å²) in [6.07, 6.45) is 3.06. The molecule has 0 unspecified atom stereocenters. The molecule has 0 bridgehead atoms. The lowest BCUT2D eigenvalue weighted by atomic mass is 10.2. The van der Waals surface area contributed by atoms with Crippen LogP contribution in [0.2, 0.25) is 0 Å². The van der Waals surface area contributed by atoms with Gasteiger partial charge in [0.25, 0.3) is 5.91 Å². The summed E-state index contributed by atoms with van der Waals surface area (Å²) in [5.41, 5.74) is 0.654. The largest absolute Gasteiger partial charge is 0.477 e. The lowest BCUT2D eigenvalue weighted by Crippen LogP contribution is -2.24. The average Bonchev–Trinajstić information content (AvgIpc) is 2.94. The van der Waals surface area contributed by atoms with Crippen LogP contribution in [0, 0.1) is 0 Å². The molecular formula is C13H15N5O3. The van der Waals surface area contributed by atoms with Crippen molar-refractivity contribution in [1.82, 2.24) is 25.5 Å². The van der Waals surface area contributed by atoms with Gasteiger partial charge in [-0.2, -0.15) is 0 Å². The van der Waals surface area contributed by atoms with Crippen LogP contribution >= 0.6 is 0 Å². The van der Waals surface area contributed by atoms with Gasteiger partial charge in [-0.25, -0.2) is 14.8 Å². The Balaban J connectivity index is 1.92. The Morgan fingerprint density at radius 3 is 2.81 bits per heavy atom. The van der Waals surface area contributed by atoms with Crippen molar-refractivity contribution in [3.8, 4) is 0 Å². The predicted molar refractivity (Wildman–Crippen MR) is 72.7 cm³/mol. The number of hydrogen-bond acceptors (Lipinski definition) is 5. The van der Waals surface area contributed by atoms with E-state index in [2.05, 4.69) is 25.5 Å². The quantitative estimate of drug-likeness (QED) is 0.722. The van der Waals surface area contributed by atoms with E-state index in [0.717, 1.165) is 12.8 Å². The predicted octanol–water partition coefficient (Wildman–Crippen LogP) is 0.780. The maximum Gasteiger partial charge on any atom is 0.354 e. The molecule has 0 saturated heterocycles. The zero-order valence-corrected chi connectivity index (χ0v) is 11.5. The number of pyridine rings is 1. The molecule has 2 aromatic rings. The van der Waals surface area contributed by atoms with E-state index in [1.54, 1.807) is 6.07 Å². The van der Waals surface area contributed by atoms with Crippen LogP contribution in [0.1, 0.15) is 45.8 Å². The molecule has 0 fully saturated rings. The minimum absolute atomic E-state index is 0.0387. The summed E-state index contributed by atoms with van der Waals surface area (Å²) in [5, 5.41) is 17.9. The highest BCUT2D eigenvalue weighted by Gasteiger charge is 2.12. The van der Waals surface area contributed by atoms with Gasteiger partial charge in [0.05, 0.1) is 0 Å². The van der Waals surface area contributed by atoms with Crippen molar-refractivity contribution in [2.45, 2.75) is 26.3 Å². The molecule has 2 heterocycles. The SMILES string of the molecule is CCCc1nc(C(=O)NCc2ccc(C(=O)O)nc2)n[nH]1. The summed E-state index contributed by atoms with van der Waals surface area (Å²) < 4.78 is 0. The fraction of sp³-hybridized carbons (Fsp3) is 0.308. The van der Waals surface area contributed by atoms with E-state index in [9.17, 15) is 9.59 Å². The van der Waals surface area contributed by atoms with Gasteiger partial charge in [-0.3, -0.25) is 9.89 Å². The van der Waals surface area contributed by atoms with Crippen molar-refractivity contribution in [3.05, 3.63) is 41.2 Å². The lowest BCUT2D eigenvalue weighted by molar-refractivity contribution is 0.0690. The number of carboxylic acids is 1. The summed E-state index contributed by atoms with van der Waals surface area (Å²) in [7, 11) is 0. The maximum absolute atomic E-state index is 11.8. The number of nitrogens with one attached hydrogen (secondary N) is 2. The Labute approximate surface area is 120 Å². The third-order valence-corrected chi connectivity index (χ3v) is 2.72. The Bertz CT molecular complexity index is 636. The Morgan fingerprint density at radius 1 is 1.38 bits per heavy atom. The minimum Gasteiger partial charge on any atom is -0.477 e. The molecule has 21 heavy (non-hydrogen) atoms. The maximum atomic E-state index is 11.8. The van der Waals surface area contributed by atoms with Crippen molar-refractivity contribution in [3.63, 3.8) is 0 Å². The Hall–Kier alpha value is -2.77. The molecule has 8 heteroatoms. The number of amides is 1. The molecular weight excluding hydrogens is 274 g/mol. The van der Waals surface area contributed by atoms with Gasteiger partial charge in [0.2, 0.25) is 5.82 Å². The Morgan fingerprint density at radius 2 is 2.19 bits per heavy atom. The second kappa shape index (κ2) is 6.60. The molecule has 2 rings (SSSR count). The molecule has 0 spiro atoms. The number of H-pyrrole nitrogens is 1. The average molecular weight is 289 g/mol. The molecule has 0 aromatic carbocycles. The smallest absolute Gasteiger partial charge is 0.354 e. The van der Waals surface area contributed by atoms with Crippen LogP contribution in [0.5, 0.6) is 0 Å². The number of aryl methyl sites for hydroxylation is 1. The van der Waals surface area contributed by atoms with Gasteiger partial charge in [-0.05, 0) is 18.1 Å². The zero-order chi connectivity index (χ0) is 15.2. The number of nitrogens with zero attached hydrogens (tertiary/aromatic N) is 3. The van der Waals surface area contributed by atoms with Crippen LogP contribution in [0.15, 0.2) is 18.3 Å². The van der Waals surface area contributed by atoms with Crippen LogP contribution in [0.25, 0.3) is 0 Å². The van der Waals surface area contributed by atoms with Crippen molar-refractivity contribution < 1.29 is 14.7 Å². The second-order valence-corrected chi connectivity index (χ2v) is 4.40. The molecule has 1 amide bonds. The van der Waals surface area contributed by atoms with Gasteiger partial charge in [0.1, 0.15) is 11.5 Å². The van der Waals surface area contributed by atoms with Crippen LogP contribution in [0.4, 0.5) is 0 Å². The fourth-order valence-electron chi connectivity index (χ4n) is 1.66. The number of aromatic carboxylic acids is 1. The fourth-order valence-corrected chi connectivity index (χ4v) is 1.66. The summed E-state index contributed by atoms with van der Waals surface area (Å²) in [5.74, 6) is -0.714. The first-order valence-electron chi connectivity index (χ1n) is 6.48. The third kappa shape index (κ3) is 3.85. The first kappa shape index (κ1) is 14.6. The number of hydrogen-bond donors (Lipinski definition) is 3. The highest BCUT2D eigenvalue weighted by Crippen LogP contribution is 2.01. The highest BCUT2D eigenvalue weighted by molar-refractivity contribution is 5.90. The lowest BCUT2D eigenvalue weighted by Gasteiger charge is -2.02. The van der Waals surface area contributed by atoms with Crippen LogP contribution in [-0.4, -0.2) is 37.1 Å². The first-order valence-corrected chi connectivity index (χ1v) is 6.48. The van der Waals surface area contributed by atoms with E-state index in [1.807, 2.05) is 6.92 Å². The molecule has 0 aliphatic rings. The van der Waals surface area contributed by atoms with E-state index < -0.39 is 11.9 Å². The molecule has 0 aliphatic heterocycles. The van der Waals surface area contributed by atoms with Gasteiger partial charge >= 0.3 is 5.97 Å². The van der Waals surface area contributed by atoms with Gasteiger partial charge in [-0.15, -0.1) is 5.10 Å². The highest BCUT2D eigenvalue weighted by atomic mass is 16.4. The van der Waals surface area contributed by atoms with Gasteiger partial charge < -0.3 is 10.4 Å². The second-order valence-electron chi connectivity index (χ2n) is 4.40. The molecule has 2 aromatic heterocycles. The molecule has 110 valence electrons. The molecule has 0 atom stereocenters. The normalized spacial score (nSPS) is 10.3. The van der Waals surface area contributed by atoms with E-state index >= 15 is 0 Å². The summed E-state index contributed by atoms with van der Waals surface area (Å²) in [6, 6.07) is 2.98. The van der Waals surface area contributed by atoms with Crippen molar-refractivity contribution in [1.29, 1.82) is 0 Å². The van der Waals surface area contributed by atoms with Crippen LogP contribution < -0.4 is 5.32 Å². The molecule has 8 nitrogen and oxygen atoms in total. The minimum atomic E-state index is -1.09. The van der Waals surface area contributed by atoms with Gasteiger partial charge in [0, 0.05) is 19.2 Å². The number of aromatic amines is 1. The molecule has 3 N–H and O–H groups in total. The van der Waals surface area contributed by atoms with Crippen LogP contribution in [0.3, 0.4) is 0 Å². The van der Waals surface area contributed by atoms with E-state index in [-0.39, 0.29) is 18.1 Å². The zero-order valence-electron chi connectivity index (χ0n) is 11.5. The molecule has 0 aliphatic carbocycles. The topological polar surface area (TPSA) is 121 Å². The van der Waals surface area contributed by atoms with E-state index in [0.29, 0.717) is 11.4 Å². The third-order valence-electron chi connectivity index (χ3n) is 2.72. The summed E-state index contributed by atoms with van der Waals surface area (Å²) in [6.45, 7) is 2.24. The van der Waals surface area contributed by atoms with Crippen molar-refractivity contribution >= 4 is 11.9 Å². The number of aromatic nitrogens is 4. The number of rotatable bonds is 6. The Kier molecular flexibility index (Phi) is 4.60. The van der Waals surface area contributed by atoms with Crippen molar-refractivity contribution in [2.24, 2.45) is 0 Å². The first-order chi connectivity index (χ1) is 10.1. The van der Waals surface area contributed by atoms with Gasteiger partial charge in [0.15, 0.2) is 0 Å². The molecule has 0 saturated carbocycles. The van der Waals surface area contributed by atoms with E-state index in [4.69, 9.17) is 5.11 Å². The van der Waals surface area contributed by atoms with Gasteiger partial charge in [-0.1, -0.05) is 13.0 Å². The summed E-state index contributed by atoms with van der Waals surface area (Å²) >= 11 is 0.